The summed E-state index contributed by atoms with van der Waals surface area (Å²) in [5, 5.41) is 14.4. The number of aliphatic hydroxyl groups is 1. The van der Waals surface area contributed by atoms with Crippen molar-refractivity contribution in [3.05, 3.63) is 225 Å². The van der Waals surface area contributed by atoms with Gasteiger partial charge in [-0.15, -0.1) is 0 Å². The minimum Gasteiger partial charge on any atom is -0.384 e. The molecule has 2 amide bonds. The molecule has 1 N–H and O–H groups in total. The normalized spacial score (nSPS) is 22.6. The molecule has 2 aliphatic heterocycles. The Morgan fingerprint density at radius 2 is 1.10 bits per heavy atom. The molecule has 0 saturated heterocycles. The monoisotopic (exact) mass is 862 g/mol. The van der Waals surface area contributed by atoms with Crippen LogP contribution in [0, 0.1) is 19.8 Å². The van der Waals surface area contributed by atoms with Crippen molar-refractivity contribution in [3.63, 3.8) is 0 Å². The van der Waals surface area contributed by atoms with E-state index in [-0.39, 0.29) is 31.2 Å². The van der Waals surface area contributed by atoms with E-state index in [0.29, 0.717) is 33.6 Å². The molecule has 1 fully saturated rings. The van der Waals surface area contributed by atoms with Crippen LogP contribution < -0.4 is 9.80 Å². The molecule has 0 unspecified atom stereocenters. The predicted molar refractivity (Wildman–Crippen MR) is 243 cm³/mol. The number of aryl methyl sites for hydroxylation is 2. The maximum atomic E-state index is 16.5. The summed E-state index contributed by atoms with van der Waals surface area (Å²) in [7, 11) is 0. The summed E-state index contributed by atoms with van der Waals surface area (Å²) in [6.45, 7) is 4.39. The third-order valence-electron chi connectivity index (χ3n) is 13.3. The summed E-state index contributed by atoms with van der Waals surface area (Å²) in [4.78, 5) is 52.3. The molecule has 4 atom stereocenters. The van der Waals surface area contributed by atoms with Crippen LogP contribution in [0.15, 0.2) is 180 Å². The first-order valence-electron chi connectivity index (χ1n) is 20.7. The quantitative estimate of drug-likeness (QED) is 0.154. The van der Waals surface area contributed by atoms with Gasteiger partial charge in [0.15, 0.2) is 5.78 Å². The summed E-state index contributed by atoms with van der Waals surface area (Å²) >= 11 is 3.55. The SMILES string of the molecule is Cc1ccc2c(c1)[C@@]1(C(=O)N2Cc2ccccc2)[C@H](C(=O)c2ccc(Br)cc2)[C@]2(C[C@]1(O)c1ccc(-c3ccccc3)cc1)C(=O)N(Cc1ccccc1)c1ccc(C)cc12. The Bertz CT molecular complexity index is 2850. The first-order valence-corrected chi connectivity index (χ1v) is 21.5. The Morgan fingerprint density at radius 1 is 0.607 bits per heavy atom. The maximum Gasteiger partial charge on any atom is 0.242 e. The van der Waals surface area contributed by atoms with Crippen molar-refractivity contribution < 1.29 is 19.5 Å². The Morgan fingerprint density at radius 3 is 1.67 bits per heavy atom. The minimum atomic E-state index is -2.07. The number of Topliss-reactive ketones (excluding diaryl/α,β-unsaturated/α-hetero) is 1. The van der Waals surface area contributed by atoms with Crippen molar-refractivity contribution in [2.75, 3.05) is 9.80 Å². The number of carbonyl (C=O) groups excluding carboxylic acids is 3. The highest BCUT2D eigenvalue weighted by Crippen LogP contribution is 2.72. The number of nitrogens with zero attached hydrogens (tertiary/aromatic N) is 2. The molecule has 3 aliphatic rings. The summed E-state index contributed by atoms with van der Waals surface area (Å²) < 4.78 is 0.786. The number of carbonyl (C=O) groups is 3. The zero-order chi connectivity index (χ0) is 42.1. The van der Waals surface area contributed by atoms with Crippen molar-refractivity contribution in [1.82, 2.24) is 0 Å². The van der Waals surface area contributed by atoms with E-state index in [2.05, 4.69) is 15.9 Å². The summed E-state index contributed by atoms with van der Waals surface area (Å²) in [5.74, 6) is -2.48. The molecule has 2 heterocycles. The zero-order valence-electron chi connectivity index (χ0n) is 33.9. The van der Waals surface area contributed by atoms with Gasteiger partial charge >= 0.3 is 0 Å². The van der Waals surface area contributed by atoms with E-state index in [1.165, 1.54) is 0 Å². The Balaban J connectivity index is 1.30. The second-order valence-electron chi connectivity index (χ2n) is 16.9. The van der Waals surface area contributed by atoms with Crippen LogP contribution >= 0.6 is 15.9 Å². The molecule has 61 heavy (non-hydrogen) atoms. The highest BCUT2D eigenvalue weighted by Gasteiger charge is 2.82. The molecule has 7 aromatic rings. The number of fused-ring (bicyclic) bond motifs is 4. The van der Waals surface area contributed by atoms with E-state index >= 15 is 14.4 Å². The first kappa shape index (κ1) is 38.8. The molecular weight excluding hydrogens is 821 g/mol. The number of benzene rings is 7. The van der Waals surface area contributed by atoms with Crippen molar-refractivity contribution in [2.45, 2.75) is 49.8 Å². The number of halogens is 1. The number of hydrogen-bond donors (Lipinski definition) is 1. The van der Waals surface area contributed by atoms with Gasteiger partial charge in [0.25, 0.3) is 0 Å². The third kappa shape index (κ3) is 5.82. The fourth-order valence-corrected chi connectivity index (χ4v) is 10.9. The van der Waals surface area contributed by atoms with E-state index in [9.17, 15) is 5.11 Å². The van der Waals surface area contributed by atoms with Crippen molar-refractivity contribution in [1.29, 1.82) is 0 Å². The van der Waals surface area contributed by atoms with Gasteiger partial charge in [0.1, 0.15) is 11.0 Å². The fourth-order valence-electron chi connectivity index (χ4n) is 10.7. The van der Waals surface area contributed by atoms with Crippen LogP contribution in [0.25, 0.3) is 11.1 Å². The molecular formula is C54H43BrN2O4. The van der Waals surface area contributed by atoms with Gasteiger partial charge in [-0.2, -0.15) is 0 Å². The van der Waals surface area contributed by atoms with Crippen LogP contribution in [0.4, 0.5) is 11.4 Å². The minimum absolute atomic E-state index is 0.205. The average Bonchev–Trinajstić information content (AvgIpc) is 3.78. The fraction of sp³-hybridized carbons (Fsp3) is 0.167. The van der Waals surface area contributed by atoms with Crippen molar-refractivity contribution in [3.8, 4) is 11.1 Å². The van der Waals surface area contributed by atoms with E-state index < -0.39 is 28.3 Å². The van der Waals surface area contributed by atoms with Gasteiger partial charge in [0.05, 0.1) is 24.4 Å². The van der Waals surface area contributed by atoms with Crippen LogP contribution in [-0.4, -0.2) is 22.7 Å². The molecule has 0 bridgehead atoms. The standard InChI is InChI=1S/C54H43BrN2O4/c1-35-18-28-46-44(30-35)52(50(59)56(46)32-37-12-6-3-7-13-37)34-53(61,42-24-20-40(21-25-42)39-16-10-5-11-17-39)54(49(52)48(58)41-22-26-43(55)27-23-41)45-31-36(2)19-29-47(45)57(51(54)60)33-38-14-8-4-9-15-38/h3-31,49,61H,32-34H2,1-2H3/t49-,52-,53+,54+/m1/s1. The van der Waals surface area contributed by atoms with Gasteiger partial charge in [0.2, 0.25) is 11.8 Å². The molecule has 7 heteroatoms. The molecule has 10 rings (SSSR count). The Labute approximate surface area is 364 Å². The van der Waals surface area contributed by atoms with E-state index in [1.54, 1.807) is 21.9 Å². The topological polar surface area (TPSA) is 77.9 Å². The molecule has 0 radical (unpaired) electrons. The molecule has 1 saturated carbocycles. The molecule has 7 aromatic carbocycles. The number of amides is 2. The second-order valence-corrected chi connectivity index (χ2v) is 17.8. The van der Waals surface area contributed by atoms with E-state index in [0.717, 1.165) is 37.9 Å². The lowest BCUT2D eigenvalue weighted by Gasteiger charge is -2.42. The second kappa shape index (κ2) is 14.6. The predicted octanol–water partition coefficient (Wildman–Crippen LogP) is 10.8. The Hall–Kier alpha value is -6.41. The van der Waals surface area contributed by atoms with Gasteiger partial charge in [-0.25, -0.2) is 0 Å². The summed E-state index contributed by atoms with van der Waals surface area (Å²) in [6, 6.07) is 56.1. The first-order chi connectivity index (χ1) is 29.6. The molecule has 300 valence electrons. The van der Waals surface area contributed by atoms with Crippen LogP contribution in [0.5, 0.6) is 0 Å². The van der Waals surface area contributed by atoms with Crippen LogP contribution in [0.3, 0.4) is 0 Å². The maximum absolute atomic E-state index is 16.5. The zero-order valence-corrected chi connectivity index (χ0v) is 35.5. The molecule has 1 aliphatic carbocycles. The van der Waals surface area contributed by atoms with Gasteiger partial charge in [-0.1, -0.05) is 179 Å². The van der Waals surface area contributed by atoms with E-state index in [4.69, 9.17) is 0 Å². The average molecular weight is 864 g/mol. The lowest BCUT2D eigenvalue weighted by Crippen LogP contribution is -2.59. The highest BCUT2D eigenvalue weighted by atomic mass is 79.9. The van der Waals surface area contributed by atoms with Crippen molar-refractivity contribution >= 4 is 44.9 Å². The number of rotatable bonds is 8. The van der Waals surface area contributed by atoms with Crippen LogP contribution in [-0.2, 0) is 39.1 Å². The third-order valence-corrected chi connectivity index (χ3v) is 13.9. The summed E-state index contributed by atoms with van der Waals surface area (Å²) in [6.07, 6.45) is -0.212. The summed E-state index contributed by atoms with van der Waals surface area (Å²) in [5.41, 5.74) is 3.09. The largest absolute Gasteiger partial charge is 0.384 e. The van der Waals surface area contributed by atoms with Gasteiger partial charge < -0.3 is 14.9 Å². The van der Waals surface area contributed by atoms with Gasteiger partial charge in [-0.3, -0.25) is 14.4 Å². The Kier molecular flexibility index (Phi) is 9.31. The van der Waals surface area contributed by atoms with Crippen molar-refractivity contribution in [2.24, 2.45) is 5.92 Å². The smallest absolute Gasteiger partial charge is 0.242 e. The van der Waals surface area contributed by atoms with Crippen LogP contribution in [0.1, 0.15) is 55.7 Å². The highest BCUT2D eigenvalue weighted by molar-refractivity contribution is 9.10. The lowest BCUT2D eigenvalue weighted by atomic mass is 9.58. The van der Waals surface area contributed by atoms with Gasteiger partial charge in [0, 0.05) is 27.8 Å². The van der Waals surface area contributed by atoms with Gasteiger partial charge in [-0.05, 0) is 77.1 Å². The number of hydrogen-bond acceptors (Lipinski definition) is 4. The van der Waals surface area contributed by atoms with E-state index in [1.807, 2.05) is 178 Å². The molecule has 0 aromatic heterocycles. The number of anilines is 2. The van der Waals surface area contributed by atoms with Crippen LogP contribution in [0.2, 0.25) is 0 Å². The molecule has 6 nitrogen and oxygen atoms in total. The molecule has 2 spiro atoms. The number of ketones is 1. The lowest BCUT2D eigenvalue weighted by molar-refractivity contribution is -0.135.